The van der Waals surface area contributed by atoms with Gasteiger partial charge in [0.05, 0.1) is 5.52 Å². The van der Waals surface area contributed by atoms with Gasteiger partial charge < -0.3 is 10.3 Å². The molecule has 2 aromatic carbocycles. The van der Waals surface area contributed by atoms with E-state index < -0.39 is 0 Å². The summed E-state index contributed by atoms with van der Waals surface area (Å²) in [7, 11) is 0. The van der Waals surface area contributed by atoms with Crippen LogP contribution in [0.5, 0.6) is 0 Å². The first kappa shape index (κ1) is 10.6. The molecule has 0 aliphatic carbocycles. The summed E-state index contributed by atoms with van der Waals surface area (Å²) in [6.45, 7) is 0.980. The number of aromatic amines is 1. The number of H-pyrrole nitrogens is 1. The van der Waals surface area contributed by atoms with Crippen LogP contribution in [0.25, 0.3) is 22.4 Å². The molecule has 0 spiro atoms. The van der Waals surface area contributed by atoms with E-state index in [-0.39, 0.29) is 5.82 Å². The molecule has 4 rings (SSSR count). The van der Waals surface area contributed by atoms with Crippen LogP contribution in [0.3, 0.4) is 0 Å². The molecule has 4 heteroatoms. The van der Waals surface area contributed by atoms with Crippen LogP contribution in [0.2, 0.25) is 0 Å². The van der Waals surface area contributed by atoms with Gasteiger partial charge in [-0.2, -0.15) is 0 Å². The Kier molecular flexibility index (Phi) is 2.12. The second kappa shape index (κ2) is 3.82. The molecular weight excluding hydrogens is 241 g/mol. The van der Waals surface area contributed by atoms with E-state index in [0.717, 1.165) is 29.9 Å². The minimum Gasteiger partial charge on any atom is -0.384 e. The number of nitrogens with one attached hydrogen (secondary N) is 2. The Morgan fingerprint density at radius 2 is 2.11 bits per heavy atom. The molecule has 19 heavy (non-hydrogen) atoms. The molecule has 0 saturated heterocycles. The lowest BCUT2D eigenvalue weighted by molar-refractivity contribution is 0.637. The Labute approximate surface area is 109 Å². The fraction of sp³-hybridized carbons (Fsp3) is 0.133. The summed E-state index contributed by atoms with van der Waals surface area (Å²) in [6, 6.07) is 11.1. The average Bonchev–Trinajstić information content (AvgIpc) is 3.04. The van der Waals surface area contributed by atoms with Crippen LogP contribution in [0.1, 0.15) is 5.56 Å². The van der Waals surface area contributed by atoms with Crippen molar-refractivity contribution < 1.29 is 4.39 Å². The summed E-state index contributed by atoms with van der Waals surface area (Å²) in [5, 5.41) is 3.32. The zero-order chi connectivity index (χ0) is 12.8. The third kappa shape index (κ3) is 1.60. The van der Waals surface area contributed by atoms with E-state index in [9.17, 15) is 4.39 Å². The van der Waals surface area contributed by atoms with Crippen molar-refractivity contribution in [3.8, 4) is 11.4 Å². The second-order valence-electron chi connectivity index (χ2n) is 4.77. The quantitative estimate of drug-likeness (QED) is 0.698. The largest absolute Gasteiger partial charge is 0.384 e. The van der Waals surface area contributed by atoms with Crippen molar-refractivity contribution in [1.82, 2.24) is 9.97 Å². The van der Waals surface area contributed by atoms with E-state index in [1.807, 2.05) is 12.1 Å². The minimum atomic E-state index is -0.289. The summed E-state index contributed by atoms with van der Waals surface area (Å²) in [4.78, 5) is 7.53. The van der Waals surface area contributed by atoms with Gasteiger partial charge in [-0.25, -0.2) is 9.37 Å². The third-order valence-corrected chi connectivity index (χ3v) is 3.55. The zero-order valence-corrected chi connectivity index (χ0v) is 10.2. The first-order chi connectivity index (χ1) is 9.31. The molecule has 0 bridgehead atoms. The molecule has 0 radical (unpaired) electrons. The maximum atomic E-state index is 13.6. The van der Waals surface area contributed by atoms with Crippen molar-refractivity contribution >= 4 is 16.7 Å². The fourth-order valence-electron chi connectivity index (χ4n) is 2.59. The van der Waals surface area contributed by atoms with Crippen LogP contribution in [0, 0.1) is 5.82 Å². The lowest BCUT2D eigenvalue weighted by atomic mass is 10.1. The standard InChI is InChI=1S/C15H12FN3/c16-11-2-1-3-13-14(11)19-15(18-13)10-4-5-12-9(8-10)6-7-17-12/h1-5,8,17H,6-7H2,(H,18,19). The molecule has 1 aromatic heterocycles. The first-order valence-corrected chi connectivity index (χ1v) is 6.33. The smallest absolute Gasteiger partial charge is 0.151 e. The predicted octanol–water partition coefficient (Wildman–Crippen LogP) is 3.34. The van der Waals surface area contributed by atoms with Crippen LogP contribution in [-0.4, -0.2) is 16.5 Å². The van der Waals surface area contributed by atoms with Gasteiger partial charge in [0.25, 0.3) is 0 Å². The van der Waals surface area contributed by atoms with Gasteiger partial charge in [-0.05, 0) is 42.3 Å². The Balaban J connectivity index is 1.88. The maximum absolute atomic E-state index is 13.6. The molecular formula is C15H12FN3. The number of para-hydroxylation sites is 1. The van der Waals surface area contributed by atoms with Crippen molar-refractivity contribution in [2.75, 3.05) is 11.9 Å². The first-order valence-electron chi connectivity index (χ1n) is 6.33. The summed E-state index contributed by atoms with van der Waals surface area (Å²) < 4.78 is 13.6. The molecule has 94 valence electrons. The maximum Gasteiger partial charge on any atom is 0.151 e. The van der Waals surface area contributed by atoms with Crippen molar-refractivity contribution in [2.45, 2.75) is 6.42 Å². The minimum absolute atomic E-state index is 0.289. The molecule has 0 saturated carbocycles. The molecule has 0 unspecified atom stereocenters. The Hall–Kier alpha value is -2.36. The number of aromatic nitrogens is 2. The summed E-state index contributed by atoms with van der Waals surface area (Å²) in [5.41, 5.74) is 4.60. The summed E-state index contributed by atoms with van der Waals surface area (Å²) >= 11 is 0. The molecule has 1 aliphatic rings. The van der Waals surface area contributed by atoms with Gasteiger partial charge in [-0.3, -0.25) is 0 Å². The Morgan fingerprint density at radius 1 is 1.16 bits per heavy atom. The molecule has 0 amide bonds. The van der Waals surface area contributed by atoms with Crippen LogP contribution in [0.4, 0.5) is 10.1 Å². The molecule has 2 N–H and O–H groups in total. The van der Waals surface area contributed by atoms with Crippen molar-refractivity contribution in [3.63, 3.8) is 0 Å². The molecule has 2 heterocycles. The Morgan fingerprint density at radius 3 is 3.00 bits per heavy atom. The summed E-state index contributed by atoms with van der Waals surface area (Å²) in [5.74, 6) is 0.428. The van der Waals surface area contributed by atoms with Crippen molar-refractivity contribution in [3.05, 3.63) is 47.8 Å². The number of rotatable bonds is 1. The Bertz CT molecular complexity index is 776. The number of benzene rings is 2. The highest BCUT2D eigenvalue weighted by molar-refractivity contribution is 5.80. The number of hydrogen-bond donors (Lipinski definition) is 2. The average molecular weight is 253 g/mol. The number of anilines is 1. The van der Waals surface area contributed by atoms with E-state index in [0.29, 0.717) is 5.52 Å². The van der Waals surface area contributed by atoms with E-state index in [4.69, 9.17) is 0 Å². The van der Waals surface area contributed by atoms with Crippen LogP contribution in [0.15, 0.2) is 36.4 Å². The van der Waals surface area contributed by atoms with Crippen LogP contribution >= 0.6 is 0 Å². The van der Waals surface area contributed by atoms with Gasteiger partial charge in [0.15, 0.2) is 5.82 Å². The number of fused-ring (bicyclic) bond motifs is 2. The summed E-state index contributed by atoms with van der Waals surface area (Å²) in [6.07, 6.45) is 1.03. The van der Waals surface area contributed by atoms with E-state index in [2.05, 4.69) is 27.4 Å². The number of nitrogens with zero attached hydrogens (tertiary/aromatic N) is 1. The van der Waals surface area contributed by atoms with Crippen LogP contribution < -0.4 is 5.32 Å². The number of halogens is 1. The second-order valence-corrected chi connectivity index (χ2v) is 4.77. The zero-order valence-electron chi connectivity index (χ0n) is 10.2. The van der Waals surface area contributed by atoms with Gasteiger partial charge in [0.2, 0.25) is 0 Å². The normalized spacial score (nSPS) is 13.5. The molecule has 0 atom stereocenters. The molecule has 1 aliphatic heterocycles. The van der Waals surface area contributed by atoms with E-state index >= 15 is 0 Å². The van der Waals surface area contributed by atoms with E-state index in [1.54, 1.807) is 6.07 Å². The highest BCUT2D eigenvalue weighted by Gasteiger charge is 2.13. The third-order valence-electron chi connectivity index (χ3n) is 3.55. The molecule has 0 fully saturated rings. The monoisotopic (exact) mass is 253 g/mol. The highest BCUT2D eigenvalue weighted by Crippen LogP contribution is 2.28. The topological polar surface area (TPSA) is 40.7 Å². The van der Waals surface area contributed by atoms with Crippen LogP contribution in [-0.2, 0) is 6.42 Å². The number of hydrogen-bond acceptors (Lipinski definition) is 2. The lowest BCUT2D eigenvalue weighted by Crippen LogP contribution is -1.90. The van der Waals surface area contributed by atoms with Crippen molar-refractivity contribution in [2.24, 2.45) is 0 Å². The van der Waals surface area contributed by atoms with E-state index in [1.165, 1.54) is 17.3 Å². The van der Waals surface area contributed by atoms with Crippen molar-refractivity contribution in [1.29, 1.82) is 0 Å². The van der Waals surface area contributed by atoms with Gasteiger partial charge >= 0.3 is 0 Å². The SMILES string of the molecule is Fc1cccc2[nH]c(-c3ccc4c(c3)CCN4)nc12. The lowest BCUT2D eigenvalue weighted by Gasteiger charge is -2.01. The van der Waals surface area contributed by atoms with Gasteiger partial charge in [0.1, 0.15) is 11.3 Å². The highest BCUT2D eigenvalue weighted by atomic mass is 19.1. The predicted molar refractivity (Wildman–Crippen MR) is 73.7 cm³/mol. The van der Waals surface area contributed by atoms with Gasteiger partial charge in [-0.15, -0.1) is 0 Å². The van der Waals surface area contributed by atoms with Gasteiger partial charge in [-0.1, -0.05) is 6.07 Å². The van der Waals surface area contributed by atoms with Gasteiger partial charge in [0, 0.05) is 17.8 Å². The molecule has 3 aromatic rings. The molecule has 3 nitrogen and oxygen atoms in total. The number of imidazole rings is 1. The fourth-order valence-corrected chi connectivity index (χ4v) is 2.59.